The smallest absolute Gasteiger partial charge is 0.254 e. The van der Waals surface area contributed by atoms with E-state index in [1.54, 1.807) is 12.1 Å². The first-order valence-corrected chi connectivity index (χ1v) is 7.86. The lowest BCUT2D eigenvalue weighted by atomic mass is 10.1. The van der Waals surface area contributed by atoms with Gasteiger partial charge < -0.3 is 4.90 Å². The highest BCUT2D eigenvalue weighted by Crippen LogP contribution is 2.23. The summed E-state index contributed by atoms with van der Waals surface area (Å²) in [6.45, 7) is 8.37. The Morgan fingerprint density at radius 3 is 2.16 bits per heavy atom. The number of hydrogen-bond donors (Lipinski definition) is 0. The maximum Gasteiger partial charge on any atom is 0.254 e. The van der Waals surface area contributed by atoms with Crippen molar-refractivity contribution in [1.29, 1.82) is 0 Å². The summed E-state index contributed by atoms with van der Waals surface area (Å²) in [6.07, 6.45) is 1.88. The van der Waals surface area contributed by atoms with Crippen LogP contribution in [0.2, 0.25) is 5.02 Å². The van der Waals surface area contributed by atoms with Gasteiger partial charge in [-0.15, -0.1) is 0 Å². The third-order valence-electron chi connectivity index (χ3n) is 3.48. The number of nitrogens with zero attached hydrogens (tertiary/aromatic N) is 1. The lowest BCUT2D eigenvalue weighted by molar-refractivity contribution is 0.0598. The molecule has 0 saturated heterocycles. The fourth-order valence-corrected chi connectivity index (χ4v) is 2.91. The molecule has 0 radical (unpaired) electrons. The number of hydrogen-bond acceptors (Lipinski definition) is 1. The van der Waals surface area contributed by atoms with Crippen molar-refractivity contribution in [2.45, 2.75) is 52.6 Å². The van der Waals surface area contributed by atoms with Crippen LogP contribution in [-0.2, 0) is 0 Å². The largest absolute Gasteiger partial charge is 0.333 e. The quantitative estimate of drug-likeness (QED) is 0.722. The van der Waals surface area contributed by atoms with E-state index in [1.807, 2.05) is 11.0 Å². The molecule has 1 rings (SSSR count). The van der Waals surface area contributed by atoms with Crippen molar-refractivity contribution in [3.8, 4) is 0 Å². The van der Waals surface area contributed by atoms with Gasteiger partial charge in [0.15, 0.2) is 0 Å². The molecule has 0 aliphatic heterocycles. The Kier molecular flexibility index (Phi) is 6.34. The van der Waals surface area contributed by atoms with Gasteiger partial charge in [-0.05, 0) is 44.9 Å². The van der Waals surface area contributed by atoms with Crippen molar-refractivity contribution in [2.24, 2.45) is 0 Å². The lowest BCUT2D eigenvalue weighted by Gasteiger charge is -2.34. The monoisotopic (exact) mass is 345 g/mol. The molecule has 0 aliphatic rings. The van der Waals surface area contributed by atoms with Crippen molar-refractivity contribution in [3.05, 3.63) is 33.3 Å². The Morgan fingerprint density at radius 1 is 1.21 bits per heavy atom. The molecule has 1 aromatic carbocycles. The third-order valence-corrected chi connectivity index (χ3v) is 4.15. The lowest BCUT2D eigenvalue weighted by Crippen LogP contribution is -2.44. The molecule has 1 aromatic rings. The van der Waals surface area contributed by atoms with Crippen LogP contribution in [0.15, 0.2) is 22.7 Å². The van der Waals surface area contributed by atoms with Gasteiger partial charge >= 0.3 is 0 Å². The van der Waals surface area contributed by atoms with Crippen LogP contribution < -0.4 is 0 Å². The van der Waals surface area contributed by atoms with E-state index in [9.17, 15) is 4.79 Å². The van der Waals surface area contributed by atoms with Gasteiger partial charge in [-0.25, -0.2) is 0 Å². The molecule has 0 aromatic heterocycles. The van der Waals surface area contributed by atoms with Gasteiger partial charge in [0.2, 0.25) is 0 Å². The van der Waals surface area contributed by atoms with Gasteiger partial charge in [-0.2, -0.15) is 0 Å². The minimum Gasteiger partial charge on any atom is -0.333 e. The molecule has 2 nitrogen and oxygen atoms in total. The minimum atomic E-state index is 0.0481. The summed E-state index contributed by atoms with van der Waals surface area (Å²) in [5.41, 5.74) is 0.639. The van der Waals surface area contributed by atoms with E-state index in [4.69, 9.17) is 11.6 Å². The summed E-state index contributed by atoms with van der Waals surface area (Å²) in [7, 11) is 0. The van der Waals surface area contributed by atoms with E-state index in [2.05, 4.69) is 43.6 Å². The predicted octanol–water partition coefficient (Wildman–Crippen LogP) is 5.14. The van der Waals surface area contributed by atoms with Crippen LogP contribution in [0, 0.1) is 0 Å². The molecule has 0 spiro atoms. The Balaban J connectivity index is 3.11. The molecule has 2 unspecified atom stereocenters. The Hall–Kier alpha value is -0.540. The van der Waals surface area contributed by atoms with Crippen LogP contribution in [-0.4, -0.2) is 22.9 Å². The van der Waals surface area contributed by atoms with Crippen LogP contribution in [0.25, 0.3) is 0 Å². The average Bonchev–Trinajstić information content (AvgIpc) is 2.37. The zero-order valence-electron chi connectivity index (χ0n) is 11.9. The maximum atomic E-state index is 12.7. The first-order chi connectivity index (χ1) is 8.90. The van der Waals surface area contributed by atoms with E-state index in [1.165, 1.54) is 0 Å². The first-order valence-electron chi connectivity index (χ1n) is 6.69. The summed E-state index contributed by atoms with van der Waals surface area (Å²) < 4.78 is 0.830. The summed E-state index contributed by atoms with van der Waals surface area (Å²) in [4.78, 5) is 14.7. The third kappa shape index (κ3) is 4.22. The molecule has 106 valence electrons. The second-order valence-corrected chi connectivity index (χ2v) is 6.24. The van der Waals surface area contributed by atoms with Gasteiger partial charge in [0.25, 0.3) is 5.91 Å². The number of halogens is 2. The van der Waals surface area contributed by atoms with Crippen molar-refractivity contribution in [1.82, 2.24) is 4.90 Å². The van der Waals surface area contributed by atoms with Crippen LogP contribution in [0.1, 0.15) is 50.9 Å². The Bertz CT molecular complexity index is 420. The molecule has 0 bridgehead atoms. The number of rotatable bonds is 5. The minimum absolute atomic E-state index is 0.0481. The SMILES string of the molecule is CCC(C)N(C(=O)c1cc(Cl)cc(Br)c1)C(C)CC. The molecule has 0 N–H and O–H groups in total. The van der Waals surface area contributed by atoms with Crippen LogP contribution >= 0.6 is 27.5 Å². The topological polar surface area (TPSA) is 20.3 Å². The Morgan fingerprint density at radius 2 is 1.74 bits per heavy atom. The summed E-state index contributed by atoms with van der Waals surface area (Å²) in [6, 6.07) is 5.79. The van der Waals surface area contributed by atoms with Crippen LogP contribution in [0.3, 0.4) is 0 Å². The summed E-state index contributed by atoms with van der Waals surface area (Å²) >= 11 is 9.41. The molecule has 0 heterocycles. The van der Waals surface area contributed by atoms with Gasteiger partial charge in [0.05, 0.1) is 0 Å². The normalized spacial score (nSPS) is 14.0. The Labute approximate surface area is 129 Å². The maximum absolute atomic E-state index is 12.7. The zero-order chi connectivity index (χ0) is 14.6. The molecular formula is C15H21BrClNO. The van der Waals surface area contributed by atoms with E-state index in [0.717, 1.165) is 17.3 Å². The number of carbonyl (C=O) groups excluding carboxylic acids is 1. The fourth-order valence-electron chi connectivity index (χ4n) is 2.05. The van der Waals surface area contributed by atoms with Crippen LogP contribution in [0.4, 0.5) is 0 Å². The molecule has 4 heteroatoms. The summed E-state index contributed by atoms with van der Waals surface area (Å²) in [5, 5.41) is 0.575. The molecule has 1 amide bonds. The highest BCUT2D eigenvalue weighted by molar-refractivity contribution is 9.10. The van der Waals surface area contributed by atoms with Crippen molar-refractivity contribution < 1.29 is 4.79 Å². The molecule has 0 saturated carbocycles. The molecule has 0 fully saturated rings. The van der Waals surface area contributed by atoms with Crippen molar-refractivity contribution in [3.63, 3.8) is 0 Å². The van der Waals surface area contributed by atoms with Crippen LogP contribution in [0.5, 0.6) is 0 Å². The van der Waals surface area contributed by atoms with Gasteiger partial charge in [-0.3, -0.25) is 4.79 Å². The molecule has 0 aliphatic carbocycles. The predicted molar refractivity (Wildman–Crippen MR) is 84.8 cm³/mol. The zero-order valence-corrected chi connectivity index (χ0v) is 14.3. The van der Waals surface area contributed by atoms with Crippen molar-refractivity contribution in [2.75, 3.05) is 0 Å². The molecule has 2 atom stereocenters. The van der Waals surface area contributed by atoms with Gasteiger partial charge in [0.1, 0.15) is 0 Å². The first kappa shape index (κ1) is 16.5. The standard InChI is InChI=1S/C15H21BrClNO/c1-5-10(3)18(11(4)6-2)15(19)12-7-13(16)9-14(17)8-12/h7-11H,5-6H2,1-4H3. The van der Waals surface area contributed by atoms with E-state index < -0.39 is 0 Å². The van der Waals surface area contributed by atoms with Gasteiger partial charge in [-0.1, -0.05) is 41.4 Å². The van der Waals surface area contributed by atoms with Crippen molar-refractivity contribution >= 4 is 33.4 Å². The number of benzene rings is 1. The highest BCUT2D eigenvalue weighted by Gasteiger charge is 2.24. The summed E-state index contributed by atoms with van der Waals surface area (Å²) in [5.74, 6) is 0.0481. The van der Waals surface area contributed by atoms with E-state index in [0.29, 0.717) is 10.6 Å². The number of carbonyl (C=O) groups is 1. The fraction of sp³-hybridized carbons (Fsp3) is 0.533. The van der Waals surface area contributed by atoms with E-state index in [-0.39, 0.29) is 18.0 Å². The van der Waals surface area contributed by atoms with Gasteiger partial charge in [0, 0.05) is 27.1 Å². The number of amides is 1. The van der Waals surface area contributed by atoms with E-state index >= 15 is 0 Å². The molecule has 19 heavy (non-hydrogen) atoms. The second-order valence-electron chi connectivity index (χ2n) is 4.89. The average molecular weight is 347 g/mol. The highest BCUT2D eigenvalue weighted by atomic mass is 79.9. The second kappa shape index (κ2) is 7.30. The molecular weight excluding hydrogens is 326 g/mol.